The van der Waals surface area contributed by atoms with Gasteiger partial charge in [0.2, 0.25) is 0 Å². The molecule has 1 aliphatic rings. The largest absolute Gasteiger partial charge is 0.494 e. The molecule has 0 saturated carbocycles. The van der Waals surface area contributed by atoms with E-state index in [1.54, 1.807) is 24.3 Å². The normalized spacial score (nSPS) is 14.2. The molecule has 1 amide bonds. The molecule has 0 unspecified atom stereocenters. The van der Waals surface area contributed by atoms with E-state index in [1.165, 1.54) is 6.08 Å². The van der Waals surface area contributed by atoms with Crippen molar-refractivity contribution in [3.05, 3.63) is 47.7 Å². The zero-order chi connectivity index (χ0) is 18.4. The number of carbonyl (C=O) groups is 1. The van der Waals surface area contributed by atoms with Crippen LogP contribution in [0.1, 0.15) is 25.5 Å². The van der Waals surface area contributed by atoms with Crippen LogP contribution in [0.25, 0.3) is 6.08 Å². The van der Waals surface area contributed by atoms with Gasteiger partial charge < -0.3 is 19.4 Å². The molecule has 1 aromatic carbocycles. The minimum absolute atomic E-state index is 0.0193. The van der Waals surface area contributed by atoms with Gasteiger partial charge in [-0.15, -0.1) is 0 Å². The summed E-state index contributed by atoms with van der Waals surface area (Å²) >= 11 is 0. The van der Waals surface area contributed by atoms with E-state index < -0.39 is 5.91 Å². The molecule has 2 aromatic rings. The van der Waals surface area contributed by atoms with Crippen molar-refractivity contribution in [2.75, 3.05) is 29.9 Å². The lowest BCUT2D eigenvalue weighted by Gasteiger charge is -2.12. The maximum absolute atomic E-state index is 12.4. The second-order valence-corrected chi connectivity index (χ2v) is 5.95. The number of carbonyl (C=O) groups excluding carboxylic acids is 1. The molecule has 26 heavy (non-hydrogen) atoms. The van der Waals surface area contributed by atoms with E-state index in [0.717, 1.165) is 31.8 Å². The maximum atomic E-state index is 12.4. The Hall–Kier alpha value is -3.20. The SMILES string of the molecule is CCOc1cccc(NC(=O)/C(C#N)=C\c2ccc(N3CCCC3)o2)c1. The Morgan fingerprint density at radius 1 is 1.35 bits per heavy atom. The first-order valence-corrected chi connectivity index (χ1v) is 8.70. The summed E-state index contributed by atoms with van der Waals surface area (Å²) in [7, 11) is 0. The number of nitrogens with zero attached hydrogens (tertiary/aromatic N) is 2. The van der Waals surface area contributed by atoms with Crippen molar-refractivity contribution in [3.63, 3.8) is 0 Å². The number of rotatable bonds is 6. The molecule has 1 aromatic heterocycles. The highest BCUT2D eigenvalue weighted by atomic mass is 16.5. The van der Waals surface area contributed by atoms with Gasteiger partial charge in [0.1, 0.15) is 23.2 Å². The zero-order valence-electron chi connectivity index (χ0n) is 14.7. The van der Waals surface area contributed by atoms with Gasteiger partial charge in [0.15, 0.2) is 5.88 Å². The van der Waals surface area contributed by atoms with Crippen LogP contribution in [0.4, 0.5) is 11.6 Å². The lowest BCUT2D eigenvalue weighted by atomic mass is 10.2. The average Bonchev–Trinajstić information content (AvgIpc) is 3.31. The first-order chi connectivity index (χ1) is 12.7. The summed E-state index contributed by atoms with van der Waals surface area (Å²) in [6, 6.07) is 12.6. The number of nitrogens with one attached hydrogen (secondary N) is 1. The fraction of sp³-hybridized carbons (Fsp3) is 0.300. The Labute approximate surface area is 152 Å². The van der Waals surface area contributed by atoms with Gasteiger partial charge >= 0.3 is 0 Å². The van der Waals surface area contributed by atoms with Gasteiger partial charge in [-0.2, -0.15) is 5.26 Å². The zero-order valence-corrected chi connectivity index (χ0v) is 14.7. The third kappa shape index (κ3) is 4.25. The van der Waals surface area contributed by atoms with Gasteiger partial charge in [0.05, 0.1) is 6.61 Å². The van der Waals surface area contributed by atoms with Crippen molar-refractivity contribution in [3.8, 4) is 11.8 Å². The average molecular weight is 351 g/mol. The Kier molecular flexibility index (Phi) is 5.59. The molecule has 1 fully saturated rings. The van der Waals surface area contributed by atoms with Crippen molar-refractivity contribution >= 4 is 23.6 Å². The smallest absolute Gasteiger partial charge is 0.266 e. The fourth-order valence-corrected chi connectivity index (χ4v) is 2.85. The summed E-state index contributed by atoms with van der Waals surface area (Å²) in [6.07, 6.45) is 3.76. The van der Waals surface area contributed by atoms with E-state index in [9.17, 15) is 10.1 Å². The van der Waals surface area contributed by atoms with Crippen LogP contribution in [0, 0.1) is 11.3 Å². The minimum atomic E-state index is -0.486. The minimum Gasteiger partial charge on any atom is -0.494 e. The monoisotopic (exact) mass is 351 g/mol. The highest BCUT2D eigenvalue weighted by molar-refractivity contribution is 6.09. The summed E-state index contributed by atoms with van der Waals surface area (Å²) in [4.78, 5) is 14.5. The molecule has 1 N–H and O–H groups in total. The lowest BCUT2D eigenvalue weighted by Crippen LogP contribution is -2.16. The molecular formula is C20H21N3O3. The highest BCUT2D eigenvalue weighted by Crippen LogP contribution is 2.24. The maximum Gasteiger partial charge on any atom is 0.266 e. The van der Waals surface area contributed by atoms with E-state index in [2.05, 4.69) is 10.2 Å². The summed E-state index contributed by atoms with van der Waals surface area (Å²) < 4.78 is 11.2. The molecule has 134 valence electrons. The number of furan rings is 1. The van der Waals surface area contributed by atoms with Crippen molar-refractivity contribution in [1.29, 1.82) is 5.26 Å². The molecule has 1 aliphatic heterocycles. The van der Waals surface area contributed by atoms with E-state index >= 15 is 0 Å². The van der Waals surface area contributed by atoms with Gasteiger partial charge in [-0.25, -0.2) is 0 Å². The van der Waals surface area contributed by atoms with Crippen LogP contribution in [0.15, 0.2) is 46.4 Å². The van der Waals surface area contributed by atoms with E-state index in [1.807, 2.05) is 25.1 Å². The standard InChI is InChI=1S/C20H21N3O3/c1-2-25-17-7-5-6-16(13-17)22-20(24)15(14-21)12-18-8-9-19(26-18)23-10-3-4-11-23/h5-9,12-13H,2-4,10-11H2,1H3,(H,22,24)/b15-12-. The molecular weight excluding hydrogens is 330 g/mol. The Bertz CT molecular complexity index is 842. The van der Waals surface area contributed by atoms with E-state index in [4.69, 9.17) is 9.15 Å². The van der Waals surface area contributed by atoms with Crippen LogP contribution >= 0.6 is 0 Å². The summed E-state index contributed by atoms with van der Waals surface area (Å²) in [6.45, 7) is 4.37. The van der Waals surface area contributed by atoms with Gasteiger partial charge in [0, 0.05) is 37.0 Å². The summed E-state index contributed by atoms with van der Waals surface area (Å²) in [5, 5.41) is 12.0. The van der Waals surface area contributed by atoms with E-state index in [-0.39, 0.29) is 5.57 Å². The predicted molar refractivity (Wildman–Crippen MR) is 100.0 cm³/mol. The molecule has 1 saturated heterocycles. The van der Waals surface area contributed by atoms with Crippen LogP contribution in [0.3, 0.4) is 0 Å². The Morgan fingerprint density at radius 2 is 2.15 bits per heavy atom. The van der Waals surface area contributed by atoms with Crippen molar-refractivity contribution in [2.45, 2.75) is 19.8 Å². The van der Waals surface area contributed by atoms with Crippen LogP contribution < -0.4 is 15.0 Å². The molecule has 6 nitrogen and oxygen atoms in total. The second kappa shape index (κ2) is 8.26. The molecule has 0 atom stereocenters. The fourth-order valence-electron chi connectivity index (χ4n) is 2.85. The lowest BCUT2D eigenvalue weighted by molar-refractivity contribution is -0.112. The van der Waals surface area contributed by atoms with Crippen molar-refractivity contribution < 1.29 is 13.9 Å². The van der Waals surface area contributed by atoms with Crippen LogP contribution in [-0.2, 0) is 4.79 Å². The molecule has 0 bridgehead atoms. The van der Waals surface area contributed by atoms with Gasteiger partial charge in [-0.05, 0) is 38.0 Å². The first-order valence-electron chi connectivity index (χ1n) is 8.70. The molecule has 2 heterocycles. The van der Waals surface area contributed by atoms with E-state index in [0.29, 0.717) is 23.8 Å². The second-order valence-electron chi connectivity index (χ2n) is 5.95. The van der Waals surface area contributed by atoms with Crippen LogP contribution in [0.5, 0.6) is 5.75 Å². The number of hydrogen-bond donors (Lipinski definition) is 1. The third-order valence-corrected chi connectivity index (χ3v) is 4.08. The number of ether oxygens (including phenoxy) is 1. The quantitative estimate of drug-likeness (QED) is 0.632. The molecule has 3 rings (SSSR count). The van der Waals surface area contributed by atoms with Gasteiger partial charge in [-0.1, -0.05) is 6.07 Å². The molecule has 0 aliphatic carbocycles. The van der Waals surface area contributed by atoms with Crippen molar-refractivity contribution in [2.24, 2.45) is 0 Å². The number of amides is 1. The van der Waals surface area contributed by atoms with Crippen molar-refractivity contribution in [1.82, 2.24) is 0 Å². The topological polar surface area (TPSA) is 78.5 Å². The predicted octanol–water partition coefficient (Wildman–Crippen LogP) is 3.82. The Morgan fingerprint density at radius 3 is 2.88 bits per heavy atom. The highest BCUT2D eigenvalue weighted by Gasteiger charge is 2.16. The molecule has 0 spiro atoms. The number of benzene rings is 1. The number of nitriles is 1. The first kappa shape index (κ1) is 17.6. The summed E-state index contributed by atoms with van der Waals surface area (Å²) in [5.41, 5.74) is 0.549. The molecule has 0 radical (unpaired) electrons. The van der Waals surface area contributed by atoms with Gasteiger partial charge in [0.25, 0.3) is 5.91 Å². The third-order valence-electron chi connectivity index (χ3n) is 4.08. The summed E-state index contributed by atoms with van der Waals surface area (Å²) in [5.74, 6) is 1.44. The number of anilines is 2. The van der Waals surface area contributed by atoms with Gasteiger partial charge in [-0.3, -0.25) is 4.79 Å². The Balaban J connectivity index is 1.71. The van der Waals surface area contributed by atoms with Crippen LogP contribution in [-0.4, -0.2) is 25.6 Å². The number of hydrogen-bond acceptors (Lipinski definition) is 5. The van der Waals surface area contributed by atoms with Crippen LogP contribution in [0.2, 0.25) is 0 Å². The molecule has 6 heteroatoms.